The molecule has 1 fully saturated rings. The van der Waals surface area contributed by atoms with Crippen LogP contribution in [0.3, 0.4) is 0 Å². The van der Waals surface area contributed by atoms with Crippen molar-refractivity contribution in [3.8, 4) is 0 Å². The quantitative estimate of drug-likeness (QED) is 0.347. The first-order chi connectivity index (χ1) is 5.79. The molecule has 1 aliphatic heterocycles. The minimum absolute atomic E-state index is 0.0927. The van der Waals surface area contributed by atoms with E-state index in [2.05, 4.69) is 6.58 Å². The number of ether oxygens (including phenoxy) is 3. The molecule has 1 N–H and O–H groups in total. The van der Waals surface area contributed by atoms with Crippen LogP contribution >= 0.6 is 0 Å². The lowest BCUT2D eigenvalue weighted by Gasteiger charge is -2.17. The van der Waals surface area contributed by atoms with Crippen molar-refractivity contribution in [2.24, 2.45) is 0 Å². The second-order valence-electron chi connectivity index (χ2n) is 2.64. The van der Waals surface area contributed by atoms with Crippen molar-refractivity contribution in [2.75, 3.05) is 20.5 Å². The van der Waals surface area contributed by atoms with Crippen LogP contribution in [0.5, 0.6) is 0 Å². The maximum atomic E-state index is 9.50. The average Bonchev–Trinajstić information content (AvgIpc) is 2.88. The molecule has 70 valence electrons. The van der Waals surface area contributed by atoms with E-state index in [1.165, 1.54) is 7.11 Å². The topological polar surface area (TPSA) is 51.2 Å². The van der Waals surface area contributed by atoms with Crippen molar-refractivity contribution in [2.45, 2.75) is 18.3 Å². The molecule has 12 heavy (non-hydrogen) atoms. The molecule has 0 radical (unpaired) electrons. The standard InChI is InChI=1S/C8H14O4/c1-3-6(12-5-10-2)8(9)7-4-11-7/h3,6-9H,1,4-5H2,2H3/t6-,7+,8+/m1/s1. The number of aliphatic hydroxyl groups excluding tert-OH is 1. The highest BCUT2D eigenvalue weighted by Gasteiger charge is 2.36. The summed E-state index contributed by atoms with van der Waals surface area (Å²) >= 11 is 0. The van der Waals surface area contributed by atoms with Crippen LogP contribution < -0.4 is 0 Å². The Balaban J connectivity index is 2.26. The van der Waals surface area contributed by atoms with Gasteiger partial charge in [-0.2, -0.15) is 0 Å². The van der Waals surface area contributed by atoms with Crippen molar-refractivity contribution >= 4 is 0 Å². The molecule has 1 saturated heterocycles. The first kappa shape index (κ1) is 9.67. The zero-order valence-corrected chi connectivity index (χ0v) is 7.10. The molecule has 1 aliphatic rings. The fourth-order valence-corrected chi connectivity index (χ4v) is 0.917. The Hall–Kier alpha value is -0.420. The van der Waals surface area contributed by atoms with Crippen LogP contribution in [-0.4, -0.2) is 43.9 Å². The lowest BCUT2D eigenvalue weighted by molar-refractivity contribution is -0.0973. The SMILES string of the molecule is C=C[C@@H](OCOC)[C@H](O)[C@@H]1CO1. The number of rotatable bonds is 6. The number of hydrogen-bond acceptors (Lipinski definition) is 4. The maximum absolute atomic E-state index is 9.50. The first-order valence-corrected chi connectivity index (χ1v) is 3.82. The predicted octanol–water partition coefficient (Wildman–Crippen LogP) is -0.0788. The maximum Gasteiger partial charge on any atom is 0.147 e. The molecule has 0 unspecified atom stereocenters. The van der Waals surface area contributed by atoms with Crippen LogP contribution in [0.4, 0.5) is 0 Å². The summed E-state index contributed by atoms with van der Waals surface area (Å²) in [4.78, 5) is 0. The lowest BCUT2D eigenvalue weighted by Crippen LogP contribution is -2.32. The molecule has 0 spiro atoms. The second-order valence-corrected chi connectivity index (χ2v) is 2.64. The Kier molecular flexibility index (Phi) is 3.68. The number of hydrogen-bond donors (Lipinski definition) is 1. The minimum Gasteiger partial charge on any atom is -0.387 e. The summed E-state index contributed by atoms with van der Waals surface area (Å²) in [5, 5.41) is 9.50. The molecule has 0 saturated carbocycles. The summed E-state index contributed by atoms with van der Waals surface area (Å²) in [6, 6.07) is 0. The van der Waals surface area contributed by atoms with Crippen LogP contribution in [0.15, 0.2) is 12.7 Å². The molecule has 0 aromatic rings. The molecule has 1 rings (SSSR count). The molecule has 3 atom stereocenters. The van der Waals surface area contributed by atoms with Crippen LogP contribution in [0.2, 0.25) is 0 Å². The Morgan fingerprint density at radius 1 is 1.83 bits per heavy atom. The number of epoxide rings is 1. The highest BCUT2D eigenvalue weighted by Crippen LogP contribution is 2.18. The molecule has 0 aromatic heterocycles. The zero-order chi connectivity index (χ0) is 8.97. The van der Waals surface area contributed by atoms with Gasteiger partial charge in [0.2, 0.25) is 0 Å². The first-order valence-electron chi connectivity index (χ1n) is 3.82. The van der Waals surface area contributed by atoms with Crippen LogP contribution in [0.25, 0.3) is 0 Å². The van der Waals surface area contributed by atoms with Gasteiger partial charge in [0.1, 0.15) is 25.1 Å². The summed E-state index contributed by atoms with van der Waals surface area (Å²) in [6.45, 7) is 4.30. The predicted molar refractivity (Wildman–Crippen MR) is 42.7 cm³/mol. The van der Waals surface area contributed by atoms with Crippen molar-refractivity contribution < 1.29 is 19.3 Å². The van der Waals surface area contributed by atoms with E-state index >= 15 is 0 Å². The third-order valence-electron chi connectivity index (χ3n) is 1.69. The molecule has 1 heterocycles. The van der Waals surface area contributed by atoms with Crippen molar-refractivity contribution in [1.29, 1.82) is 0 Å². The van der Waals surface area contributed by atoms with Gasteiger partial charge in [0.15, 0.2) is 0 Å². The Labute approximate surface area is 71.7 Å². The monoisotopic (exact) mass is 174 g/mol. The van der Waals surface area contributed by atoms with Crippen LogP contribution in [0, 0.1) is 0 Å². The summed E-state index contributed by atoms with van der Waals surface area (Å²) in [5.74, 6) is 0. The van der Waals surface area contributed by atoms with Gasteiger partial charge < -0.3 is 19.3 Å². The molecule has 0 aromatic carbocycles. The van der Waals surface area contributed by atoms with E-state index in [9.17, 15) is 5.11 Å². The summed E-state index contributed by atoms with van der Waals surface area (Å²) in [7, 11) is 1.53. The van der Waals surface area contributed by atoms with E-state index in [0.717, 1.165) is 0 Å². The van der Waals surface area contributed by atoms with Crippen molar-refractivity contribution in [3.05, 3.63) is 12.7 Å². The zero-order valence-electron chi connectivity index (χ0n) is 7.10. The largest absolute Gasteiger partial charge is 0.387 e. The van der Waals surface area contributed by atoms with Crippen LogP contribution in [0.1, 0.15) is 0 Å². The van der Waals surface area contributed by atoms with Gasteiger partial charge in [0.05, 0.1) is 6.61 Å². The summed E-state index contributed by atoms with van der Waals surface area (Å²) in [6.07, 6.45) is 0.422. The minimum atomic E-state index is -0.627. The van der Waals surface area contributed by atoms with Gasteiger partial charge in [-0.05, 0) is 0 Å². The Bertz CT molecular complexity index is 144. The van der Waals surface area contributed by atoms with E-state index in [1.54, 1.807) is 6.08 Å². The molecule has 4 nitrogen and oxygen atoms in total. The summed E-state index contributed by atoms with van der Waals surface area (Å²) in [5.41, 5.74) is 0. The molecule has 0 bridgehead atoms. The van der Waals surface area contributed by atoms with E-state index in [0.29, 0.717) is 6.61 Å². The second kappa shape index (κ2) is 4.57. The fourth-order valence-electron chi connectivity index (χ4n) is 0.917. The third-order valence-corrected chi connectivity index (χ3v) is 1.69. The van der Waals surface area contributed by atoms with Gasteiger partial charge in [-0.15, -0.1) is 6.58 Å². The van der Waals surface area contributed by atoms with Crippen molar-refractivity contribution in [3.63, 3.8) is 0 Å². The molecule has 0 aliphatic carbocycles. The highest BCUT2D eigenvalue weighted by atomic mass is 16.7. The number of aliphatic hydroxyl groups is 1. The molecule has 0 amide bonds. The van der Waals surface area contributed by atoms with E-state index < -0.39 is 12.2 Å². The van der Waals surface area contributed by atoms with Gasteiger partial charge in [-0.1, -0.05) is 6.08 Å². The van der Waals surface area contributed by atoms with Gasteiger partial charge in [0.25, 0.3) is 0 Å². The third kappa shape index (κ3) is 2.57. The normalized spacial score (nSPS) is 26.3. The van der Waals surface area contributed by atoms with Gasteiger partial charge >= 0.3 is 0 Å². The Morgan fingerprint density at radius 3 is 2.92 bits per heavy atom. The molecular weight excluding hydrogens is 160 g/mol. The number of methoxy groups -OCH3 is 1. The molecule has 4 heteroatoms. The summed E-state index contributed by atoms with van der Waals surface area (Å²) < 4.78 is 14.8. The smallest absolute Gasteiger partial charge is 0.147 e. The van der Waals surface area contributed by atoms with E-state index in [4.69, 9.17) is 14.2 Å². The fraction of sp³-hybridized carbons (Fsp3) is 0.750. The van der Waals surface area contributed by atoms with Gasteiger partial charge in [-0.3, -0.25) is 0 Å². The Morgan fingerprint density at radius 2 is 2.50 bits per heavy atom. The van der Waals surface area contributed by atoms with Crippen LogP contribution in [-0.2, 0) is 14.2 Å². The van der Waals surface area contributed by atoms with Gasteiger partial charge in [-0.25, -0.2) is 0 Å². The van der Waals surface area contributed by atoms with E-state index in [-0.39, 0.29) is 12.9 Å². The molecular formula is C8H14O4. The van der Waals surface area contributed by atoms with Gasteiger partial charge in [0, 0.05) is 7.11 Å². The lowest BCUT2D eigenvalue weighted by atomic mass is 10.1. The highest BCUT2D eigenvalue weighted by molar-refractivity contribution is 4.93. The van der Waals surface area contributed by atoms with Crippen molar-refractivity contribution in [1.82, 2.24) is 0 Å². The average molecular weight is 174 g/mol. The van der Waals surface area contributed by atoms with E-state index in [1.807, 2.05) is 0 Å².